The average Bonchev–Trinajstić information content (AvgIpc) is 2.90. The Hall–Kier alpha value is -0.920. The van der Waals surface area contributed by atoms with Crippen molar-refractivity contribution < 1.29 is 0 Å². The van der Waals surface area contributed by atoms with Crippen LogP contribution in [0.4, 0.5) is 11.8 Å². The molecule has 1 saturated heterocycles. The number of nitrogens with two attached hydrogens (primary N) is 1. The summed E-state index contributed by atoms with van der Waals surface area (Å²) in [5.41, 5.74) is 2.49. The summed E-state index contributed by atoms with van der Waals surface area (Å²) in [5, 5.41) is 0. The first-order valence-corrected chi connectivity index (χ1v) is 7.47. The minimum Gasteiger partial charge on any atom is -0.354 e. The fourth-order valence-electron chi connectivity index (χ4n) is 2.62. The lowest BCUT2D eigenvalue weighted by atomic mass is 10.2. The van der Waals surface area contributed by atoms with Crippen molar-refractivity contribution in [1.29, 1.82) is 0 Å². The maximum atomic E-state index is 5.37. The highest BCUT2D eigenvalue weighted by Gasteiger charge is 2.28. The molecule has 1 aromatic rings. The minimum absolute atomic E-state index is 0.449. The van der Waals surface area contributed by atoms with Gasteiger partial charge in [0.2, 0.25) is 5.95 Å². The maximum absolute atomic E-state index is 5.37. The van der Waals surface area contributed by atoms with Crippen LogP contribution in [0.5, 0.6) is 0 Å². The fourth-order valence-corrected chi connectivity index (χ4v) is 3.06. The van der Waals surface area contributed by atoms with Gasteiger partial charge in [0.25, 0.3) is 0 Å². The first-order valence-electron chi connectivity index (χ1n) is 6.67. The van der Waals surface area contributed by atoms with Crippen molar-refractivity contribution in [3.8, 4) is 0 Å². The van der Waals surface area contributed by atoms with Gasteiger partial charge in [-0.3, -0.25) is 10.3 Å². The molecular weight excluding hydrogens is 308 g/mol. The Kier molecular flexibility index (Phi) is 4.95. The van der Waals surface area contributed by atoms with Crippen molar-refractivity contribution in [1.82, 2.24) is 14.9 Å². The molecule has 1 atom stereocenters. The first-order chi connectivity index (χ1) is 9.19. The lowest BCUT2D eigenvalue weighted by molar-refractivity contribution is 0.232. The van der Waals surface area contributed by atoms with Crippen LogP contribution in [0.1, 0.15) is 20.3 Å². The maximum Gasteiger partial charge on any atom is 0.239 e. The van der Waals surface area contributed by atoms with Gasteiger partial charge in [0, 0.05) is 25.3 Å². The van der Waals surface area contributed by atoms with Crippen LogP contribution in [0.3, 0.4) is 0 Å². The third-order valence-electron chi connectivity index (χ3n) is 3.65. The van der Waals surface area contributed by atoms with Gasteiger partial charge in [-0.15, -0.1) is 0 Å². The summed E-state index contributed by atoms with van der Waals surface area (Å²) in [4.78, 5) is 13.3. The van der Waals surface area contributed by atoms with Gasteiger partial charge in [-0.25, -0.2) is 10.8 Å². The van der Waals surface area contributed by atoms with E-state index in [2.05, 4.69) is 55.0 Å². The van der Waals surface area contributed by atoms with E-state index in [0.717, 1.165) is 36.5 Å². The summed E-state index contributed by atoms with van der Waals surface area (Å²) in [6.07, 6.45) is 2.91. The average molecular weight is 329 g/mol. The zero-order chi connectivity index (χ0) is 13.8. The number of rotatable bonds is 5. The van der Waals surface area contributed by atoms with Crippen LogP contribution in [0.25, 0.3) is 0 Å². The molecule has 106 valence electrons. The Labute approximate surface area is 122 Å². The van der Waals surface area contributed by atoms with Gasteiger partial charge in [-0.2, -0.15) is 4.98 Å². The third-order valence-corrected chi connectivity index (χ3v) is 4.21. The topological polar surface area (TPSA) is 70.3 Å². The standard InChI is InChI=1S/C12H21BrN6/c1-3-18(4-2)9-5-6-19(8-9)11-10(13)7-15-12(16-11)17-14/h7,9H,3-6,8,14H2,1-2H3,(H,15,16,17). The molecule has 1 aliphatic rings. The van der Waals surface area contributed by atoms with E-state index in [-0.39, 0.29) is 0 Å². The van der Waals surface area contributed by atoms with Crippen molar-refractivity contribution in [2.45, 2.75) is 26.3 Å². The van der Waals surface area contributed by atoms with Gasteiger partial charge >= 0.3 is 0 Å². The largest absolute Gasteiger partial charge is 0.354 e. The van der Waals surface area contributed by atoms with Crippen LogP contribution in [0.2, 0.25) is 0 Å². The zero-order valence-corrected chi connectivity index (χ0v) is 13.0. The molecule has 1 fully saturated rings. The highest BCUT2D eigenvalue weighted by molar-refractivity contribution is 9.10. The van der Waals surface area contributed by atoms with Gasteiger partial charge < -0.3 is 4.90 Å². The predicted octanol–water partition coefficient (Wildman–Crippen LogP) is 1.45. The van der Waals surface area contributed by atoms with Crippen molar-refractivity contribution in [2.75, 3.05) is 36.5 Å². The van der Waals surface area contributed by atoms with E-state index in [1.165, 1.54) is 6.42 Å². The molecule has 0 radical (unpaired) electrons. The van der Waals surface area contributed by atoms with E-state index in [0.29, 0.717) is 12.0 Å². The van der Waals surface area contributed by atoms with Crippen LogP contribution in [0.15, 0.2) is 10.7 Å². The van der Waals surface area contributed by atoms with E-state index in [4.69, 9.17) is 5.84 Å². The van der Waals surface area contributed by atoms with Gasteiger partial charge in [0.15, 0.2) is 0 Å². The number of nitrogen functional groups attached to an aromatic ring is 1. The zero-order valence-electron chi connectivity index (χ0n) is 11.4. The quantitative estimate of drug-likeness (QED) is 0.629. The minimum atomic E-state index is 0.449. The van der Waals surface area contributed by atoms with Gasteiger partial charge in [0.1, 0.15) is 5.82 Å². The second-order valence-electron chi connectivity index (χ2n) is 4.62. The molecule has 6 nitrogen and oxygen atoms in total. The Morgan fingerprint density at radius 1 is 1.53 bits per heavy atom. The van der Waals surface area contributed by atoms with Gasteiger partial charge in [-0.1, -0.05) is 13.8 Å². The Morgan fingerprint density at radius 3 is 2.89 bits per heavy atom. The summed E-state index contributed by atoms with van der Waals surface area (Å²) >= 11 is 3.51. The number of likely N-dealkylation sites (N-methyl/N-ethyl adjacent to an activating group) is 1. The lowest BCUT2D eigenvalue weighted by Crippen LogP contribution is -2.37. The Balaban J connectivity index is 2.12. The normalized spacial score (nSPS) is 19.2. The molecular formula is C12H21BrN6. The number of hydrazine groups is 1. The van der Waals surface area contributed by atoms with E-state index in [1.807, 2.05) is 0 Å². The van der Waals surface area contributed by atoms with E-state index >= 15 is 0 Å². The van der Waals surface area contributed by atoms with Crippen LogP contribution < -0.4 is 16.2 Å². The summed E-state index contributed by atoms with van der Waals surface area (Å²) < 4.78 is 0.909. The van der Waals surface area contributed by atoms with Crippen molar-refractivity contribution in [2.24, 2.45) is 5.84 Å². The number of nitrogens with one attached hydrogen (secondary N) is 1. The SMILES string of the molecule is CCN(CC)C1CCN(c2nc(NN)ncc2Br)C1. The molecule has 2 heterocycles. The third kappa shape index (κ3) is 3.16. The highest BCUT2D eigenvalue weighted by Crippen LogP contribution is 2.28. The summed E-state index contributed by atoms with van der Waals surface area (Å²) in [6.45, 7) is 8.62. The monoisotopic (exact) mass is 328 g/mol. The number of halogens is 1. The molecule has 0 aromatic carbocycles. The molecule has 1 unspecified atom stereocenters. The molecule has 0 bridgehead atoms. The van der Waals surface area contributed by atoms with Crippen LogP contribution in [0, 0.1) is 0 Å². The molecule has 0 amide bonds. The van der Waals surface area contributed by atoms with E-state index < -0.39 is 0 Å². The van der Waals surface area contributed by atoms with Crippen molar-refractivity contribution in [3.63, 3.8) is 0 Å². The van der Waals surface area contributed by atoms with Crippen molar-refractivity contribution >= 4 is 27.7 Å². The Bertz CT molecular complexity index is 423. The first kappa shape index (κ1) is 14.5. The van der Waals surface area contributed by atoms with E-state index in [9.17, 15) is 0 Å². The van der Waals surface area contributed by atoms with Crippen LogP contribution in [-0.2, 0) is 0 Å². The molecule has 1 aliphatic heterocycles. The second-order valence-corrected chi connectivity index (χ2v) is 5.47. The summed E-state index contributed by atoms with van der Waals surface area (Å²) in [6, 6.07) is 0.603. The molecule has 0 spiro atoms. The number of hydrogen-bond donors (Lipinski definition) is 2. The lowest BCUT2D eigenvalue weighted by Gasteiger charge is -2.26. The second kappa shape index (κ2) is 6.49. The molecule has 19 heavy (non-hydrogen) atoms. The summed E-state index contributed by atoms with van der Waals surface area (Å²) in [5.74, 6) is 6.73. The fraction of sp³-hybridized carbons (Fsp3) is 0.667. The van der Waals surface area contributed by atoms with Crippen LogP contribution >= 0.6 is 15.9 Å². The van der Waals surface area contributed by atoms with E-state index in [1.54, 1.807) is 6.20 Å². The highest BCUT2D eigenvalue weighted by atomic mass is 79.9. The Morgan fingerprint density at radius 2 is 2.26 bits per heavy atom. The molecule has 7 heteroatoms. The molecule has 0 saturated carbocycles. The number of aromatic nitrogens is 2. The smallest absolute Gasteiger partial charge is 0.239 e. The van der Waals surface area contributed by atoms with Gasteiger partial charge in [-0.05, 0) is 35.4 Å². The molecule has 3 N–H and O–H groups in total. The van der Waals surface area contributed by atoms with Crippen LogP contribution in [-0.4, -0.2) is 47.1 Å². The molecule has 0 aliphatic carbocycles. The number of nitrogens with zero attached hydrogens (tertiary/aromatic N) is 4. The number of anilines is 2. The molecule has 1 aromatic heterocycles. The van der Waals surface area contributed by atoms with Crippen molar-refractivity contribution in [3.05, 3.63) is 10.7 Å². The molecule has 2 rings (SSSR count). The number of hydrogen-bond acceptors (Lipinski definition) is 6. The predicted molar refractivity (Wildman–Crippen MR) is 81.1 cm³/mol. The van der Waals surface area contributed by atoms with Gasteiger partial charge in [0.05, 0.1) is 4.47 Å². The summed E-state index contributed by atoms with van der Waals surface area (Å²) in [7, 11) is 0.